The molecule has 0 bridgehead atoms. The van der Waals surface area contributed by atoms with Crippen LogP contribution in [-0.2, 0) is 11.2 Å². The van der Waals surface area contributed by atoms with Gasteiger partial charge >= 0.3 is 0 Å². The van der Waals surface area contributed by atoms with Crippen LogP contribution in [0.3, 0.4) is 0 Å². The third-order valence-corrected chi connectivity index (χ3v) is 3.18. The van der Waals surface area contributed by atoms with Gasteiger partial charge in [0.2, 0.25) is 5.91 Å². The average Bonchev–Trinajstić information content (AvgIpc) is 2.64. The third kappa shape index (κ3) is 3.82. The van der Waals surface area contributed by atoms with Gasteiger partial charge in [-0.2, -0.15) is 0 Å². The summed E-state index contributed by atoms with van der Waals surface area (Å²) in [6, 6.07) is 1.93. The number of aromatic nitrogens is 2. The Balaban J connectivity index is 2.25. The number of rotatable bonds is 5. The lowest BCUT2D eigenvalue weighted by Crippen LogP contribution is -2.33. The molecule has 1 amide bonds. The normalized spacial score (nSPS) is 15.7. The Hall–Kier alpha value is -1.85. The zero-order valence-electron chi connectivity index (χ0n) is 12.3. The summed E-state index contributed by atoms with van der Waals surface area (Å²) in [5, 5.41) is 6.12. The van der Waals surface area contributed by atoms with Gasteiger partial charge < -0.3 is 15.5 Å². The van der Waals surface area contributed by atoms with Gasteiger partial charge in [0.1, 0.15) is 17.5 Å². The molecule has 1 aromatic rings. The van der Waals surface area contributed by atoms with Crippen molar-refractivity contribution >= 4 is 17.5 Å². The Morgan fingerprint density at radius 2 is 2.25 bits per heavy atom. The van der Waals surface area contributed by atoms with Crippen molar-refractivity contribution in [3.8, 4) is 0 Å². The quantitative estimate of drug-likeness (QED) is 0.846. The van der Waals surface area contributed by atoms with Gasteiger partial charge in [-0.3, -0.25) is 4.79 Å². The van der Waals surface area contributed by atoms with Gasteiger partial charge in [0, 0.05) is 32.1 Å². The van der Waals surface area contributed by atoms with Crippen LogP contribution >= 0.6 is 0 Å². The molecule has 0 radical (unpaired) electrons. The molecule has 1 fully saturated rings. The standard InChI is InChI=1S/C14H23N5O/c1-3-6-11-17-12(15-4-2)9-13(18-11)19-8-5-7-16-14(20)10-19/h9H,3-8,10H2,1-2H3,(H,16,20)(H,15,17,18). The van der Waals surface area contributed by atoms with E-state index in [2.05, 4.69) is 27.5 Å². The molecular weight excluding hydrogens is 254 g/mol. The Bertz CT molecular complexity index is 439. The molecule has 2 heterocycles. The highest BCUT2D eigenvalue weighted by molar-refractivity contribution is 5.81. The zero-order chi connectivity index (χ0) is 14.4. The molecule has 110 valence electrons. The number of hydrogen-bond acceptors (Lipinski definition) is 5. The molecular formula is C14H23N5O. The maximum atomic E-state index is 11.7. The predicted octanol–water partition coefficient (Wildman–Crippen LogP) is 1.19. The first kappa shape index (κ1) is 14.6. The summed E-state index contributed by atoms with van der Waals surface area (Å²) in [5.74, 6) is 2.58. The van der Waals surface area contributed by atoms with E-state index in [1.165, 1.54) is 0 Å². The highest BCUT2D eigenvalue weighted by atomic mass is 16.2. The van der Waals surface area contributed by atoms with E-state index in [0.717, 1.165) is 56.4 Å². The topological polar surface area (TPSA) is 70.2 Å². The van der Waals surface area contributed by atoms with Crippen LogP contribution in [0.4, 0.5) is 11.6 Å². The average molecular weight is 277 g/mol. The molecule has 0 unspecified atom stereocenters. The van der Waals surface area contributed by atoms with Crippen LogP contribution in [0.2, 0.25) is 0 Å². The van der Waals surface area contributed by atoms with Crippen molar-refractivity contribution < 1.29 is 4.79 Å². The Morgan fingerprint density at radius 3 is 3.00 bits per heavy atom. The van der Waals surface area contributed by atoms with Crippen LogP contribution in [0.1, 0.15) is 32.5 Å². The van der Waals surface area contributed by atoms with Crippen LogP contribution in [0.5, 0.6) is 0 Å². The number of nitrogens with zero attached hydrogens (tertiary/aromatic N) is 3. The molecule has 0 aliphatic carbocycles. The van der Waals surface area contributed by atoms with Gasteiger partial charge in [0.25, 0.3) is 0 Å². The molecule has 1 aromatic heterocycles. The molecule has 0 atom stereocenters. The number of nitrogens with one attached hydrogen (secondary N) is 2. The summed E-state index contributed by atoms with van der Waals surface area (Å²) >= 11 is 0. The number of carbonyl (C=O) groups is 1. The number of aryl methyl sites for hydroxylation is 1. The summed E-state index contributed by atoms with van der Waals surface area (Å²) in [5.41, 5.74) is 0. The molecule has 20 heavy (non-hydrogen) atoms. The minimum absolute atomic E-state index is 0.0585. The van der Waals surface area contributed by atoms with Gasteiger partial charge in [-0.25, -0.2) is 9.97 Å². The van der Waals surface area contributed by atoms with E-state index in [-0.39, 0.29) is 5.91 Å². The van der Waals surface area contributed by atoms with Crippen LogP contribution in [0, 0.1) is 0 Å². The molecule has 1 aliphatic rings. The van der Waals surface area contributed by atoms with Crippen molar-refractivity contribution in [1.82, 2.24) is 15.3 Å². The fraction of sp³-hybridized carbons (Fsp3) is 0.643. The summed E-state index contributed by atoms with van der Waals surface area (Å²) in [7, 11) is 0. The summed E-state index contributed by atoms with van der Waals surface area (Å²) in [4.78, 5) is 22.8. The first-order valence-corrected chi connectivity index (χ1v) is 7.36. The van der Waals surface area contributed by atoms with Crippen LogP contribution in [-0.4, -0.2) is 42.1 Å². The lowest BCUT2D eigenvalue weighted by Gasteiger charge is -2.21. The second-order valence-corrected chi connectivity index (χ2v) is 4.93. The summed E-state index contributed by atoms with van der Waals surface area (Å²) in [6.07, 6.45) is 2.80. The first-order chi connectivity index (χ1) is 9.72. The van der Waals surface area contributed by atoms with E-state index in [1.807, 2.05) is 17.9 Å². The number of anilines is 2. The Labute approximate surface area is 120 Å². The van der Waals surface area contributed by atoms with E-state index in [1.54, 1.807) is 0 Å². The number of carbonyl (C=O) groups excluding carboxylic acids is 1. The minimum Gasteiger partial charge on any atom is -0.370 e. The molecule has 6 heteroatoms. The van der Waals surface area contributed by atoms with Crippen molar-refractivity contribution in [1.29, 1.82) is 0 Å². The van der Waals surface area contributed by atoms with E-state index in [9.17, 15) is 4.79 Å². The second kappa shape index (κ2) is 7.07. The lowest BCUT2D eigenvalue weighted by atomic mass is 10.3. The van der Waals surface area contributed by atoms with Crippen molar-refractivity contribution in [3.05, 3.63) is 11.9 Å². The molecule has 1 saturated heterocycles. The van der Waals surface area contributed by atoms with Crippen LogP contribution in [0.15, 0.2) is 6.07 Å². The van der Waals surface area contributed by atoms with E-state index >= 15 is 0 Å². The minimum atomic E-state index is 0.0585. The molecule has 2 rings (SSSR count). The first-order valence-electron chi connectivity index (χ1n) is 7.36. The fourth-order valence-corrected chi connectivity index (χ4v) is 2.25. The van der Waals surface area contributed by atoms with Gasteiger partial charge in [-0.05, 0) is 19.8 Å². The number of hydrogen-bond donors (Lipinski definition) is 2. The smallest absolute Gasteiger partial charge is 0.239 e. The molecule has 2 N–H and O–H groups in total. The largest absolute Gasteiger partial charge is 0.370 e. The monoisotopic (exact) mass is 277 g/mol. The van der Waals surface area contributed by atoms with Crippen molar-refractivity contribution in [3.63, 3.8) is 0 Å². The molecule has 0 saturated carbocycles. The van der Waals surface area contributed by atoms with Crippen molar-refractivity contribution in [2.75, 3.05) is 36.4 Å². The molecule has 0 aromatic carbocycles. The summed E-state index contributed by atoms with van der Waals surface area (Å²) in [6.45, 7) is 6.93. The zero-order valence-corrected chi connectivity index (χ0v) is 12.3. The number of amides is 1. The van der Waals surface area contributed by atoms with Gasteiger partial charge in [-0.15, -0.1) is 0 Å². The van der Waals surface area contributed by atoms with Gasteiger partial charge in [0.05, 0.1) is 6.54 Å². The van der Waals surface area contributed by atoms with Gasteiger partial charge in [-0.1, -0.05) is 6.92 Å². The molecule has 1 aliphatic heterocycles. The van der Waals surface area contributed by atoms with Crippen molar-refractivity contribution in [2.45, 2.75) is 33.1 Å². The molecule has 6 nitrogen and oxygen atoms in total. The lowest BCUT2D eigenvalue weighted by molar-refractivity contribution is -0.119. The van der Waals surface area contributed by atoms with Crippen molar-refractivity contribution in [2.24, 2.45) is 0 Å². The maximum absolute atomic E-state index is 11.7. The maximum Gasteiger partial charge on any atom is 0.239 e. The van der Waals surface area contributed by atoms with Crippen LogP contribution < -0.4 is 15.5 Å². The molecule has 0 spiro atoms. The van der Waals surface area contributed by atoms with E-state index in [4.69, 9.17) is 0 Å². The van der Waals surface area contributed by atoms with Gasteiger partial charge in [0.15, 0.2) is 0 Å². The predicted molar refractivity (Wildman–Crippen MR) is 80.0 cm³/mol. The highest BCUT2D eigenvalue weighted by Crippen LogP contribution is 2.17. The fourth-order valence-electron chi connectivity index (χ4n) is 2.25. The van der Waals surface area contributed by atoms with Crippen LogP contribution in [0.25, 0.3) is 0 Å². The Kier molecular flexibility index (Phi) is 5.15. The van der Waals surface area contributed by atoms with E-state index in [0.29, 0.717) is 6.54 Å². The Morgan fingerprint density at radius 1 is 1.40 bits per heavy atom. The SMILES string of the molecule is CCCc1nc(NCC)cc(N2CCCNC(=O)C2)n1. The second-order valence-electron chi connectivity index (χ2n) is 4.93. The third-order valence-electron chi connectivity index (χ3n) is 3.18. The highest BCUT2D eigenvalue weighted by Gasteiger charge is 2.17. The van der Waals surface area contributed by atoms with E-state index < -0.39 is 0 Å². The summed E-state index contributed by atoms with van der Waals surface area (Å²) < 4.78 is 0.